The minimum Gasteiger partial charge on any atom is -0.394 e. The molecule has 3 amide bonds. The van der Waals surface area contributed by atoms with Crippen LogP contribution in [0.2, 0.25) is 5.02 Å². The maximum Gasteiger partial charge on any atom is 0.247 e. The number of carbonyl (C=O) groups is 3. The van der Waals surface area contributed by atoms with Crippen LogP contribution in [-0.2, 0) is 14.4 Å². The molecule has 1 saturated heterocycles. The summed E-state index contributed by atoms with van der Waals surface area (Å²) in [5.41, 5.74) is 1.30. The van der Waals surface area contributed by atoms with Crippen LogP contribution in [0.25, 0.3) is 0 Å². The molecule has 0 radical (unpaired) electrons. The Labute approximate surface area is 200 Å². The number of aliphatic hydroxyl groups excluding tert-OH is 1. The van der Waals surface area contributed by atoms with E-state index in [2.05, 4.69) is 10.6 Å². The predicted molar refractivity (Wildman–Crippen MR) is 129 cm³/mol. The van der Waals surface area contributed by atoms with Crippen LogP contribution in [-0.4, -0.2) is 53.5 Å². The first-order chi connectivity index (χ1) is 15.7. The van der Waals surface area contributed by atoms with E-state index in [1.807, 2.05) is 45.9 Å². The van der Waals surface area contributed by atoms with Gasteiger partial charge in [-0.05, 0) is 36.8 Å². The van der Waals surface area contributed by atoms with E-state index in [1.165, 1.54) is 4.90 Å². The number of anilines is 1. The highest BCUT2D eigenvalue weighted by Gasteiger charge is 2.58. The highest BCUT2D eigenvalue weighted by atomic mass is 35.5. The van der Waals surface area contributed by atoms with Gasteiger partial charge in [0.2, 0.25) is 17.7 Å². The Kier molecular flexibility index (Phi) is 7.85. The third kappa shape index (κ3) is 4.53. The fraction of sp³-hybridized carbons (Fsp3) is 0.560. The molecule has 1 aromatic rings. The van der Waals surface area contributed by atoms with Gasteiger partial charge in [-0.2, -0.15) is 0 Å². The number of nitrogens with zero attached hydrogens (tertiary/aromatic N) is 1. The lowest BCUT2D eigenvalue weighted by atomic mass is 9.69. The number of halogens is 1. The topological polar surface area (TPSA) is 98.7 Å². The third-order valence-corrected chi connectivity index (χ3v) is 7.44. The van der Waals surface area contributed by atoms with Crippen LogP contribution >= 0.6 is 11.6 Å². The third-order valence-electron chi connectivity index (χ3n) is 7.12. The summed E-state index contributed by atoms with van der Waals surface area (Å²) in [4.78, 5) is 41.9. The van der Waals surface area contributed by atoms with Gasteiger partial charge in [0.1, 0.15) is 6.04 Å². The molecule has 0 saturated carbocycles. The average molecular weight is 476 g/mol. The molecule has 0 spiro atoms. The Balaban J connectivity index is 2.09. The number of aliphatic hydroxyl groups is 1. The van der Waals surface area contributed by atoms with E-state index in [9.17, 15) is 19.5 Å². The van der Waals surface area contributed by atoms with E-state index in [0.29, 0.717) is 17.1 Å². The van der Waals surface area contributed by atoms with Crippen molar-refractivity contribution in [2.24, 2.45) is 29.6 Å². The Morgan fingerprint density at radius 2 is 1.91 bits per heavy atom. The van der Waals surface area contributed by atoms with Crippen LogP contribution in [0.5, 0.6) is 0 Å². The molecular formula is C25H34ClN3O4. The van der Waals surface area contributed by atoms with Crippen molar-refractivity contribution in [2.45, 2.75) is 46.2 Å². The molecule has 1 aliphatic carbocycles. The first-order valence-electron chi connectivity index (χ1n) is 11.6. The lowest BCUT2D eigenvalue weighted by Crippen LogP contribution is -2.52. The number of hydrogen-bond donors (Lipinski definition) is 3. The van der Waals surface area contributed by atoms with Gasteiger partial charge in [0.15, 0.2) is 0 Å². The highest BCUT2D eigenvalue weighted by Crippen LogP contribution is 2.46. The molecule has 33 heavy (non-hydrogen) atoms. The minimum absolute atomic E-state index is 0.0825. The number of aryl methyl sites for hydroxylation is 1. The Morgan fingerprint density at radius 1 is 1.21 bits per heavy atom. The molecule has 3 rings (SSSR count). The van der Waals surface area contributed by atoms with Crippen LogP contribution in [0, 0.1) is 36.5 Å². The SMILES string of the molecule is CC[C@@H]1C=C[C@H]2[C@H](C(=O)N([C@@H](CO)C(C)C)[C@@H]2C(=O)Nc2c(C)cccc2Cl)[C@@H]1C(=O)NC. The number of fused-ring (bicyclic) bond motifs is 1. The maximum atomic E-state index is 13.8. The van der Waals surface area contributed by atoms with Gasteiger partial charge in [-0.25, -0.2) is 0 Å². The summed E-state index contributed by atoms with van der Waals surface area (Å²) in [7, 11) is 1.56. The van der Waals surface area contributed by atoms with Gasteiger partial charge in [0.05, 0.1) is 35.2 Å². The zero-order valence-corrected chi connectivity index (χ0v) is 20.6. The summed E-state index contributed by atoms with van der Waals surface area (Å²) >= 11 is 6.34. The molecule has 1 fully saturated rings. The molecule has 1 aromatic carbocycles. The molecule has 1 aliphatic heterocycles. The number of allylic oxidation sites excluding steroid dienone is 1. The monoisotopic (exact) mass is 475 g/mol. The van der Waals surface area contributed by atoms with Crippen LogP contribution in [0.1, 0.15) is 32.8 Å². The van der Waals surface area contributed by atoms with Gasteiger partial charge in [0, 0.05) is 13.0 Å². The Morgan fingerprint density at radius 3 is 2.45 bits per heavy atom. The molecule has 1 heterocycles. The van der Waals surface area contributed by atoms with Gasteiger partial charge >= 0.3 is 0 Å². The van der Waals surface area contributed by atoms with Crippen molar-refractivity contribution in [3.05, 3.63) is 40.9 Å². The summed E-state index contributed by atoms with van der Waals surface area (Å²) in [6, 6.07) is 3.94. The summed E-state index contributed by atoms with van der Waals surface area (Å²) in [5, 5.41) is 16.2. The first-order valence-corrected chi connectivity index (χ1v) is 11.9. The van der Waals surface area contributed by atoms with Crippen LogP contribution in [0.3, 0.4) is 0 Å². The standard InChI is InChI=1S/C25H34ClN3O4/c1-6-15-10-11-16-20(19(15)23(31)27-5)25(33)29(18(12-30)13(2)3)22(16)24(32)28-21-14(4)8-7-9-17(21)26/h7-11,13,15-16,18-20,22,30H,6,12H2,1-5H3,(H,27,31)(H,28,32)/t15-,16+,18+,19-,20+,22+/m1/s1. The van der Waals surface area contributed by atoms with Gasteiger partial charge in [-0.1, -0.05) is 56.7 Å². The van der Waals surface area contributed by atoms with Crippen molar-refractivity contribution < 1.29 is 19.5 Å². The largest absolute Gasteiger partial charge is 0.394 e. The molecular weight excluding hydrogens is 442 g/mol. The molecule has 0 unspecified atom stereocenters. The van der Waals surface area contributed by atoms with E-state index in [4.69, 9.17) is 11.6 Å². The Hall–Kier alpha value is -2.38. The van der Waals surface area contributed by atoms with Crippen molar-refractivity contribution in [1.29, 1.82) is 0 Å². The van der Waals surface area contributed by atoms with Crippen molar-refractivity contribution in [2.75, 3.05) is 19.0 Å². The van der Waals surface area contributed by atoms with E-state index in [1.54, 1.807) is 19.2 Å². The van der Waals surface area contributed by atoms with Crippen LogP contribution < -0.4 is 10.6 Å². The zero-order chi connectivity index (χ0) is 24.4. The van der Waals surface area contributed by atoms with E-state index in [0.717, 1.165) is 5.56 Å². The molecule has 0 bridgehead atoms. The second kappa shape index (κ2) is 10.3. The predicted octanol–water partition coefficient (Wildman–Crippen LogP) is 3.01. The van der Waals surface area contributed by atoms with E-state index < -0.39 is 29.8 Å². The fourth-order valence-corrected chi connectivity index (χ4v) is 5.59. The summed E-state index contributed by atoms with van der Waals surface area (Å²) in [6.07, 6.45) is 4.57. The van der Waals surface area contributed by atoms with E-state index in [-0.39, 0.29) is 36.2 Å². The minimum atomic E-state index is -0.862. The average Bonchev–Trinajstić information content (AvgIpc) is 3.07. The normalized spacial score (nSPS) is 27.5. The van der Waals surface area contributed by atoms with E-state index >= 15 is 0 Å². The second-order valence-electron chi connectivity index (χ2n) is 9.31. The summed E-state index contributed by atoms with van der Waals surface area (Å²) < 4.78 is 0. The van der Waals surface area contributed by atoms with Crippen LogP contribution in [0.15, 0.2) is 30.4 Å². The van der Waals surface area contributed by atoms with Crippen molar-refractivity contribution in [3.8, 4) is 0 Å². The van der Waals surface area contributed by atoms with Gasteiger partial charge in [-0.3, -0.25) is 14.4 Å². The number of benzene rings is 1. The molecule has 3 N–H and O–H groups in total. The van der Waals surface area contributed by atoms with Crippen molar-refractivity contribution >= 4 is 35.0 Å². The van der Waals surface area contributed by atoms with Gasteiger partial charge in [-0.15, -0.1) is 0 Å². The summed E-state index contributed by atoms with van der Waals surface area (Å²) in [5.74, 6) is -2.76. The maximum absolute atomic E-state index is 13.8. The van der Waals surface area contributed by atoms with Crippen molar-refractivity contribution in [3.63, 3.8) is 0 Å². The molecule has 180 valence electrons. The molecule has 2 aliphatic rings. The number of nitrogens with one attached hydrogen (secondary N) is 2. The fourth-order valence-electron chi connectivity index (χ4n) is 5.32. The second-order valence-corrected chi connectivity index (χ2v) is 9.71. The number of likely N-dealkylation sites (tertiary alicyclic amines) is 1. The summed E-state index contributed by atoms with van der Waals surface area (Å²) in [6.45, 7) is 7.37. The first kappa shape index (κ1) is 25.2. The number of para-hydroxylation sites is 1. The molecule has 8 heteroatoms. The lowest BCUT2D eigenvalue weighted by Gasteiger charge is -2.35. The molecule has 7 nitrogen and oxygen atoms in total. The molecule has 0 aromatic heterocycles. The quantitative estimate of drug-likeness (QED) is 0.528. The molecule has 6 atom stereocenters. The number of hydrogen-bond acceptors (Lipinski definition) is 4. The number of rotatable bonds is 7. The highest BCUT2D eigenvalue weighted by molar-refractivity contribution is 6.34. The van der Waals surface area contributed by atoms with Gasteiger partial charge in [0.25, 0.3) is 0 Å². The number of amides is 3. The van der Waals surface area contributed by atoms with Crippen molar-refractivity contribution in [1.82, 2.24) is 10.2 Å². The lowest BCUT2D eigenvalue weighted by molar-refractivity contribution is -0.143. The number of carbonyl (C=O) groups excluding carboxylic acids is 3. The Bertz CT molecular complexity index is 927. The smallest absolute Gasteiger partial charge is 0.247 e. The van der Waals surface area contributed by atoms with Crippen LogP contribution in [0.4, 0.5) is 5.69 Å². The van der Waals surface area contributed by atoms with Gasteiger partial charge < -0.3 is 20.6 Å². The zero-order valence-electron chi connectivity index (χ0n) is 19.8.